The number of fused-ring (bicyclic) bond motifs is 2. The van der Waals surface area contributed by atoms with Crippen molar-refractivity contribution in [3.63, 3.8) is 0 Å². The zero-order chi connectivity index (χ0) is 33.2. The summed E-state index contributed by atoms with van der Waals surface area (Å²) in [5.74, 6) is 0.339. The number of anilines is 1. The SMILES string of the molecule is CCC(/C=C1/Oc2ccc(-c3ccccc3)cc2N1CCS(=O)(=O)O)Cc1oc2ccc(-c3ccccc3)cc2[n+]1CCS(=O)(=O)O. The molecule has 2 heterocycles. The van der Waals surface area contributed by atoms with E-state index >= 15 is 0 Å². The third-order valence-corrected chi connectivity index (χ3v) is 9.61. The molecule has 47 heavy (non-hydrogen) atoms. The molecule has 0 radical (unpaired) electrons. The Labute approximate surface area is 274 Å². The first-order chi connectivity index (χ1) is 22.5. The molecule has 0 spiro atoms. The van der Waals surface area contributed by atoms with Crippen LogP contribution >= 0.6 is 0 Å². The first-order valence-electron chi connectivity index (χ1n) is 15.2. The maximum Gasteiger partial charge on any atom is 0.348 e. The summed E-state index contributed by atoms with van der Waals surface area (Å²) in [5.41, 5.74) is 5.79. The fourth-order valence-corrected chi connectivity index (χ4v) is 6.59. The van der Waals surface area contributed by atoms with Crippen molar-refractivity contribution in [2.24, 2.45) is 5.92 Å². The molecule has 1 unspecified atom stereocenters. The molecule has 6 rings (SSSR count). The summed E-state index contributed by atoms with van der Waals surface area (Å²) in [6, 6.07) is 31.0. The zero-order valence-electron chi connectivity index (χ0n) is 25.7. The van der Waals surface area contributed by atoms with E-state index in [2.05, 4.69) is 0 Å². The molecular weight excluding hydrogens is 641 g/mol. The minimum Gasteiger partial charge on any atom is -0.439 e. The number of aromatic nitrogens is 1. The molecule has 10 nitrogen and oxygen atoms in total. The van der Waals surface area contributed by atoms with Crippen molar-refractivity contribution in [3.05, 3.63) is 115 Å². The average Bonchev–Trinajstić information content (AvgIpc) is 3.58. The van der Waals surface area contributed by atoms with E-state index in [-0.39, 0.29) is 19.0 Å². The minimum atomic E-state index is -4.26. The molecule has 12 heteroatoms. The van der Waals surface area contributed by atoms with Gasteiger partial charge in [0.1, 0.15) is 5.75 Å². The van der Waals surface area contributed by atoms with Crippen LogP contribution in [0.3, 0.4) is 0 Å². The van der Waals surface area contributed by atoms with E-state index in [1.54, 1.807) is 9.47 Å². The summed E-state index contributed by atoms with van der Waals surface area (Å²) in [5, 5.41) is 0. The molecule has 1 atom stereocenters. The fraction of sp³-hybridized carbons (Fsp3) is 0.229. The number of hydrogen-bond acceptors (Lipinski definition) is 7. The van der Waals surface area contributed by atoms with Crippen LogP contribution < -0.4 is 14.2 Å². The lowest BCUT2D eigenvalue weighted by Crippen LogP contribution is -2.40. The minimum absolute atomic E-state index is 0.0168. The summed E-state index contributed by atoms with van der Waals surface area (Å²) >= 11 is 0. The first kappa shape index (κ1) is 32.5. The molecule has 1 aliphatic rings. The maximum atomic E-state index is 11.8. The highest BCUT2D eigenvalue weighted by molar-refractivity contribution is 7.86. The van der Waals surface area contributed by atoms with Crippen LogP contribution in [0, 0.1) is 5.92 Å². The van der Waals surface area contributed by atoms with Crippen molar-refractivity contribution >= 4 is 37.0 Å². The van der Waals surface area contributed by atoms with Gasteiger partial charge in [-0.05, 0) is 58.9 Å². The van der Waals surface area contributed by atoms with Crippen molar-refractivity contribution in [1.82, 2.24) is 0 Å². The van der Waals surface area contributed by atoms with Crippen molar-refractivity contribution < 1.29 is 39.7 Å². The normalized spacial score (nSPS) is 14.8. The second-order valence-corrected chi connectivity index (χ2v) is 14.6. The van der Waals surface area contributed by atoms with Crippen molar-refractivity contribution in [2.75, 3.05) is 23.0 Å². The molecule has 1 aromatic heterocycles. The van der Waals surface area contributed by atoms with Gasteiger partial charge < -0.3 is 14.1 Å². The van der Waals surface area contributed by atoms with Crippen LogP contribution in [0.15, 0.2) is 113 Å². The zero-order valence-corrected chi connectivity index (χ0v) is 27.3. The number of allylic oxidation sites excluding steroid dienone is 1. The topological polar surface area (TPSA) is 138 Å². The van der Waals surface area contributed by atoms with Crippen LogP contribution in [0.25, 0.3) is 33.4 Å². The molecule has 5 aromatic rings. The van der Waals surface area contributed by atoms with Crippen LogP contribution in [0.5, 0.6) is 5.75 Å². The highest BCUT2D eigenvalue weighted by atomic mass is 32.2. The van der Waals surface area contributed by atoms with Gasteiger partial charge in [-0.15, -0.1) is 0 Å². The predicted octanol–water partition coefficient (Wildman–Crippen LogP) is 6.14. The molecule has 4 aromatic carbocycles. The Bertz CT molecular complexity index is 2150. The Morgan fingerprint density at radius 2 is 1.40 bits per heavy atom. The van der Waals surface area contributed by atoms with Gasteiger partial charge in [-0.2, -0.15) is 21.4 Å². The number of hydrogen-bond donors (Lipinski definition) is 2. The Morgan fingerprint density at radius 1 is 0.787 bits per heavy atom. The summed E-state index contributed by atoms with van der Waals surface area (Å²) in [7, 11) is -8.51. The third-order valence-electron chi connectivity index (χ3n) is 8.21. The lowest BCUT2D eigenvalue weighted by molar-refractivity contribution is -0.680. The van der Waals surface area contributed by atoms with Crippen LogP contribution in [0.2, 0.25) is 0 Å². The molecule has 0 bridgehead atoms. The Balaban J connectivity index is 1.36. The molecule has 1 aliphatic heterocycles. The fourth-order valence-electron chi connectivity index (χ4n) is 5.76. The molecule has 244 valence electrons. The van der Waals surface area contributed by atoms with Crippen LogP contribution in [-0.4, -0.2) is 44.0 Å². The number of ether oxygens (including phenoxy) is 1. The molecular formula is C35H35N2O8S2+. The molecule has 0 saturated heterocycles. The second kappa shape index (κ2) is 13.3. The van der Waals surface area contributed by atoms with Crippen molar-refractivity contribution in [3.8, 4) is 28.0 Å². The lowest BCUT2D eigenvalue weighted by atomic mass is 10.0. The average molecular weight is 676 g/mol. The Kier molecular flexibility index (Phi) is 9.20. The molecule has 0 amide bonds. The van der Waals surface area contributed by atoms with E-state index in [1.807, 2.05) is 110 Å². The Hall–Kier alpha value is -4.49. The summed E-state index contributed by atoms with van der Waals surface area (Å²) < 4.78 is 80.6. The van der Waals surface area contributed by atoms with Gasteiger partial charge in [-0.1, -0.05) is 79.7 Å². The molecule has 2 N–H and O–H groups in total. The number of aryl methyl sites for hydroxylation is 1. The van der Waals surface area contributed by atoms with Crippen molar-refractivity contribution in [1.29, 1.82) is 0 Å². The molecule has 0 fully saturated rings. The highest BCUT2D eigenvalue weighted by Crippen LogP contribution is 2.42. The standard InChI is InChI=1S/C35H34N2O8S2/c1-2-25(21-34-36(17-19-46(38,39)40)30-23-28(13-15-32(30)44-34)26-9-5-3-6-10-26)22-35-37(18-20-47(41,42)43)31-24-29(14-16-33(31)45-35)27-11-7-4-8-12-27/h3-16,21,23-25H,2,17-20,22H2,1H3,(H-,38,39,40,41,42,43)/p+1/b34-21+. The van der Waals surface area contributed by atoms with Gasteiger partial charge in [0, 0.05) is 12.6 Å². The molecule has 0 saturated carbocycles. The van der Waals surface area contributed by atoms with Crippen molar-refractivity contribution in [2.45, 2.75) is 26.3 Å². The van der Waals surface area contributed by atoms with Crippen LogP contribution in [-0.2, 0) is 33.2 Å². The monoisotopic (exact) mass is 675 g/mol. The summed E-state index contributed by atoms with van der Waals surface area (Å²) in [4.78, 5) is 1.75. The van der Waals surface area contributed by atoms with E-state index in [1.165, 1.54) is 0 Å². The van der Waals surface area contributed by atoms with Gasteiger partial charge in [-0.25, -0.2) is 0 Å². The highest BCUT2D eigenvalue weighted by Gasteiger charge is 2.31. The number of nitrogens with zero attached hydrogens (tertiary/aromatic N) is 2. The van der Waals surface area contributed by atoms with Gasteiger partial charge in [0.2, 0.25) is 5.58 Å². The Morgan fingerprint density at radius 3 is 2.02 bits per heavy atom. The smallest absolute Gasteiger partial charge is 0.348 e. The van der Waals surface area contributed by atoms with Gasteiger partial charge >= 0.3 is 5.89 Å². The number of benzene rings is 4. The van der Waals surface area contributed by atoms with Crippen LogP contribution in [0.4, 0.5) is 5.69 Å². The van der Waals surface area contributed by atoms with E-state index in [4.69, 9.17) is 9.15 Å². The van der Waals surface area contributed by atoms with Gasteiger partial charge in [0.05, 0.1) is 17.9 Å². The second-order valence-electron chi connectivity index (χ2n) is 11.4. The summed E-state index contributed by atoms with van der Waals surface area (Å²) in [6.45, 7) is 1.95. The van der Waals surface area contributed by atoms with E-state index in [9.17, 15) is 25.9 Å². The third kappa shape index (κ3) is 7.74. The van der Waals surface area contributed by atoms with E-state index < -0.39 is 31.7 Å². The maximum absolute atomic E-state index is 11.8. The largest absolute Gasteiger partial charge is 0.439 e. The first-order valence-corrected chi connectivity index (χ1v) is 18.5. The van der Waals surface area contributed by atoms with E-state index in [0.29, 0.717) is 47.2 Å². The molecule has 0 aliphatic carbocycles. The summed E-state index contributed by atoms with van der Waals surface area (Å²) in [6.07, 6.45) is 2.92. The predicted molar refractivity (Wildman–Crippen MR) is 180 cm³/mol. The van der Waals surface area contributed by atoms with Gasteiger partial charge in [-0.3, -0.25) is 9.11 Å². The number of rotatable bonds is 12. The van der Waals surface area contributed by atoms with E-state index in [0.717, 1.165) is 22.3 Å². The number of oxazole rings is 1. The quantitative estimate of drug-likeness (QED) is 0.118. The lowest BCUT2D eigenvalue weighted by Gasteiger charge is -2.19. The van der Waals surface area contributed by atoms with Gasteiger partial charge in [0.25, 0.3) is 25.8 Å². The van der Waals surface area contributed by atoms with Gasteiger partial charge in [0.15, 0.2) is 18.2 Å². The van der Waals surface area contributed by atoms with Crippen LogP contribution in [0.1, 0.15) is 19.2 Å².